The minimum absolute atomic E-state index is 0.0104. The first-order valence-electron chi connectivity index (χ1n) is 16.0. The summed E-state index contributed by atoms with van der Waals surface area (Å²) in [5.41, 5.74) is 1.11. The molecule has 51 heavy (non-hydrogen) atoms. The van der Waals surface area contributed by atoms with Crippen molar-refractivity contribution in [2.24, 2.45) is 10.9 Å². The van der Waals surface area contributed by atoms with Crippen molar-refractivity contribution >= 4 is 65.9 Å². The van der Waals surface area contributed by atoms with Crippen molar-refractivity contribution in [3.8, 4) is 0 Å². The SMILES string of the molecule is [C-]#[N+]CCOP1(=S)OC[C@H]2O[C@@H](n3ccc(=O)n4ccnc34)[C@H](OP(O)(=S)OC[C@H]3O[C@@H](n4ccc5c(N=CN(C)C)ccnc54)C[C@@H]3O1)[C@@H]2C. The van der Waals surface area contributed by atoms with Crippen LogP contribution < -0.4 is 5.56 Å². The maximum Gasteiger partial charge on any atom is 0.327 e. The first kappa shape index (κ1) is 36.4. The molecule has 17 nitrogen and oxygen atoms in total. The Morgan fingerprint density at radius 1 is 1.08 bits per heavy atom. The Morgan fingerprint density at radius 3 is 2.69 bits per heavy atom. The molecule has 4 aromatic rings. The van der Waals surface area contributed by atoms with Gasteiger partial charge in [0.25, 0.3) is 5.56 Å². The van der Waals surface area contributed by atoms with Gasteiger partial charge in [0.2, 0.25) is 12.3 Å². The number of aliphatic imine (C=N–C) groups is 1. The van der Waals surface area contributed by atoms with Gasteiger partial charge in [0, 0.05) is 68.9 Å². The lowest BCUT2D eigenvalue weighted by molar-refractivity contribution is -0.0609. The van der Waals surface area contributed by atoms with Gasteiger partial charge >= 0.3 is 13.4 Å². The van der Waals surface area contributed by atoms with E-state index in [0.717, 1.165) is 11.1 Å². The Kier molecular flexibility index (Phi) is 10.6. The van der Waals surface area contributed by atoms with Gasteiger partial charge in [0.05, 0.1) is 37.4 Å². The average molecular weight is 779 g/mol. The van der Waals surface area contributed by atoms with E-state index in [0.29, 0.717) is 17.8 Å². The summed E-state index contributed by atoms with van der Waals surface area (Å²) in [6.45, 7) is 1.38. The molecule has 0 spiro atoms. The van der Waals surface area contributed by atoms with Crippen LogP contribution in [0.3, 0.4) is 0 Å². The van der Waals surface area contributed by atoms with Crippen molar-refractivity contribution in [3.05, 3.63) is 71.0 Å². The molecule has 3 aliphatic heterocycles. The third-order valence-electron chi connectivity index (χ3n) is 8.72. The maximum atomic E-state index is 12.5. The average Bonchev–Trinajstić information content (AvgIpc) is 3.89. The number of rotatable bonds is 7. The molecular weight excluding hydrogens is 742 g/mol. The number of nitrogens with zero attached hydrogens (tertiary/aromatic N) is 8. The molecule has 21 heteroatoms. The minimum Gasteiger partial charge on any atom is -0.369 e. The lowest BCUT2D eigenvalue weighted by atomic mass is 10.0. The maximum absolute atomic E-state index is 12.5. The van der Waals surface area contributed by atoms with E-state index < -0.39 is 56.2 Å². The monoisotopic (exact) mass is 778 g/mol. The first-order chi connectivity index (χ1) is 24.4. The highest BCUT2D eigenvalue weighted by atomic mass is 32.5. The molecule has 0 saturated carbocycles. The van der Waals surface area contributed by atoms with E-state index in [-0.39, 0.29) is 31.9 Å². The van der Waals surface area contributed by atoms with E-state index in [9.17, 15) is 9.69 Å². The molecule has 3 fully saturated rings. The second-order valence-corrected chi connectivity index (χ2v) is 18.1. The van der Waals surface area contributed by atoms with Crippen LogP contribution in [0.1, 0.15) is 25.8 Å². The summed E-state index contributed by atoms with van der Waals surface area (Å²) in [6, 6.07) is 5.12. The van der Waals surface area contributed by atoms with E-state index in [4.69, 9.17) is 62.3 Å². The number of hydrogen-bond acceptors (Lipinski definition) is 13. The van der Waals surface area contributed by atoms with Gasteiger partial charge in [-0.1, -0.05) is 6.92 Å². The number of imidazole rings is 1. The summed E-state index contributed by atoms with van der Waals surface area (Å²) < 4.78 is 48.8. The number of hydrogen-bond donors (Lipinski definition) is 1. The lowest BCUT2D eigenvalue weighted by Gasteiger charge is -2.29. The highest BCUT2D eigenvalue weighted by Crippen LogP contribution is 2.57. The zero-order valence-corrected chi connectivity index (χ0v) is 31.2. The van der Waals surface area contributed by atoms with Crippen molar-refractivity contribution in [2.75, 3.05) is 40.5 Å². The Labute approximate surface area is 303 Å². The third kappa shape index (κ3) is 7.61. The summed E-state index contributed by atoms with van der Waals surface area (Å²) in [4.78, 5) is 42.7. The van der Waals surface area contributed by atoms with Gasteiger partial charge in [-0.2, -0.15) is 0 Å². The van der Waals surface area contributed by atoms with Crippen LogP contribution in [0, 0.1) is 12.5 Å². The lowest BCUT2D eigenvalue weighted by Crippen LogP contribution is -2.30. The topological polar surface area (TPSA) is 162 Å². The molecule has 0 radical (unpaired) electrons. The summed E-state index contributed by atoms with van der Waals surface area (Å²) in [5.74, 6) is -0.118. The van der Waals surface area contributed by atoms with Crippen LogP contribution in [-0.4, -0.2) is 105 Å². The Hall–Kier alpha value is -2.95. The smallest absolute Gasteiger partial charge is 0.327 e. The number of ether oxygens (including phenoxy) is 2. The molecule has 1 N–H and O–H groups in total. The highest BCUT2D eigenvalue weighted by Gasteiger charge is 2.49. The van der Waals surface area contributed by atoms with Crippen molar-refractivity contribution < 1.29 is 37.0 Å². The van der Waals surface area contributed by atoms with Crippen LogP contribution in [-0.2, 0) is 55.7 Å². The normalized spacial score (nSPS) is 33.1. The van der Waals surface area contributed by atoms with E-state index >= 15 is 0 Å². The van der Waals surface area contributed by atoms with Gasteiger partial charge in [-0.05, 0) is 35.7 Å². The molecule has 0 aliphatic carbocycles. The van der Waals surface area contributed by atoms with Crippen molar-refractivity contribution in [1.29, 1.82) is 0 Å². The molecule has 2 unspecified atom stereocenters. The van der Waals surface area contributed by atoms with Crippen LogP contribution in [0.2, 0.25) is 0 Å². The molecule has 0 amide bonds. The Bertz CT molecular complexity index is 2140. The van der Waals surface area contributed by atoms with Crippen molar-refractivity contribution in [3.63, 3.8) is 0 Å². The fraction of sp³-hybridized carbons (Fsp3) is 0.500. The predicted octanol–water partition coefficient (Wildman–Crippen LogP) is 3.78. The summed E-state index contributed by atoms with van der Waals surface area (Å²) in [7, 11) is 3.78. The van der Waals surface area contributed by atoms with Gasteiger partial charge in [-0.25, -0.2) is 21.5 Å². The molecule has 3 saturated heterocycles. The van der Waals surface area contributed by atoms with Crippen molar-refractivity contribution in [1.82, 2.24) is 28.4 Å². The zero-order valence-electron chi connectivity index (χ0n) is 27.8. The molecule has 7 rings (SSSR count). The number of aromatic nitrogens is 5. The number of fused-ring (bicyclic) bond motifs is 5. The standard InChI is InChI=1S/C30H36N8O9P2S2/c1-19-23-16-43-49(51,41-14-10-31-2)46-22-15-26(37-11-6-20-21(34-18-35(3)4)5-8-32-28(20)37)44-24(22)17-42-48(40,50)47-27(19)29(45-23)38-12-7-25(39)36-13-9-33-30(36)38/h5-9,11-13,18-19,22-24,26-27,29H,10,14-17H2,1,3-4H3,(H,40,50)/t19-,22+,23-,24-,26-,27-,29-,48?,49?/m1/s1. The van der Waals surface area contributed by atoms with Crippen molar-refractivity contribution in [2.45, 2.75) is 50.2 Å². The molecule has 2 bridgehead atoms. The van der Waals surface area contributed by atoms with Crippen LogP contribution in [0.5, 0.6) is 0 Å². The fourth-order valence-corrected chi connectivity index (χ4v) is 9.84. The summed E-state index contributed by atoms with van der Waals surface area (Å²) >= 11 is 11.5. The van der Waals surface area contributed by atoms with E-state index in [2.05, 4.69) is 19.8 Å². The van der Waals surface area contributed by atoms with E-state index in [1.165, 1.54) is 16.7 Å². The Morgan fingerprint density at radius 2 is 1.88 bits per heavy atom. The zero-order chi connectivity index (χ0) is 35.9. The van der Waals surface area contributed by atoms with Gasteiger partial charge in [0.1, 0.15) is 30.7 Å². The summed E-state index contributed by atoms with van der Waals surface area (Å²) in [6.07, 6.45) is 5.64. The molecule has 9 atom stereocenters. The van der Waals surface area contributed by atoms with Crippen LogP contribution in [0.25, 0.3) is 21.7 Å². The molecule has 3 aliphatic rings. The fourth-order valence-electron chi connectivity index (χ4n) is 6.24. The van der Waals surface area contributed by atoms with Crippen LogP contribution in [0.4, 0.5) is 5.69 Å². The molecular formula is C30H36N8O9P2S2. The second kappa shape index (κ2) is 14.8. The minimum atomic E-state index is -3.94. The second-order valence-electron chi connectivity index (χ2n) is 12.4. The van der Waals surface area contributed by atoms with E-state index in [1.807, 2.05) is 48.8 Å². The van der Waals surface area contributed by atoms with Gasteiger partial charge in [0.15, 0.2) is 6.23 Å². The summed E-state index contributed by atoms with van der Waals surface area (Å²) in [5, 5.41) is 0.822. The predicted molar refractivity (Wildman–Crippen MR) is 192 cm³/mol. The number of pyridine rings is 1. The molecule has 0 aromatic carbocycles. The largest absolute Gasteiger partial charge is 0.369 e. The third-order valence-corrected chi connectivity index (χ3v) is 12.7. The Balaban J connectivity index is 1.20. The van der Waals surface area contributed by atoms with Crippen LogP contribution >= 0.6 is 13.4 Å². The van der Waals surface area contributed by atoms with Gasteiger partial charge < -0.3 is 51.3 Å². The molecule has 4 aromatic heterocycles. The van der Waals surface area contributed by atoms with Gasteiger partial charge in [-0.3, -0.25) is 13.8 Å². The first-order valence-corrected chi connectivity index (χ1v) is 21.2. The molecule has 7 heterocycles. The van der Waals surface area contributed by atoms with Gasteiger partial charge in [-0.15, -0.1) is 0 Å². The van der Waals surface area contributed by atoms with E-state index in [1.54, 1.807) is 29.5 Å². The molecule has 272 valence electrons. The highest BCUT2D eigenvalue weighted by molar-refractivity contribution is 8.07. The van der Waals surface area contributed by atoms with Crippen LogP contribution in [0.15, 0.2) is 59.0 Å². The quantitative estimate of drug-likeness (QED) is 0.0949.